The van der Waals surface area contributed by atoms with Crippen LogP contribution in [0.1, 0.15) is 18.4 Å². The maximum Gasteiger partial charge on any atom is 0.0347 e. The number of thioether (sulfide) groups is 1. The van der Waals surface area contributed by atoms with Crippen molar-refractivity contribution in [3.8, 4) is 0 Å². The van der Waals surface area contributed by atoms with Gasteiger partial charge in [-0.15, -0.1) is 0 Å². The van der Waals surface area contributed by atoms with Crippen molar-refractivity contribution in [2.45, 2.75) is 19.3 Å². The van der Waals surface area contributed by atoms with Gasteiger partial charge >= 0.3 is 0 Å². The van der Waals surface area contributed by atoms with Crippen molar-refractivity contribution in [3.05, 3.63) is 28.2 Å². The van der Waals surface area contributed by atoms with Crippen LogP contribution < -0.4 is 5.73 Å². The normalized spacial score (nSPS) is 21.5. The number of hydrogen-bond acceptors (Lipinski definition) is 2. The second kappa shape index (κ2) is 5.26. The summed E-state index contributed by atoms with van der Waals surface area (Å²) in [7, 11) is 0. The van der Waals surface area contributed by atoms with Gasteiger partial charge in [0.25, 0.3) is 0 Å². The molecule has 0 amide bonds. The zero-order valence-corrected chi connectivity index (χ0v) is 11.1. The molecule has 1 aromatic carbocycles. The summed E-state index contributed by atoms with van der Waals surface area (Å²) in [5.41, 5.74) is 8.22. The van der Waals surface area contributed by atoms with Gasteiger partial charge in [0, 0.05) is 10.2 Å². The molecular formula is C12H16BrNS. The molecule has 82 valence electrons. The van der Waals surface area contributed by atoms with Gasteiger partial charge in [-0.1, -0.05) is 15.9 Å². The Kier molecular flexibility index (Phi) is 3.98. The lowest BCUT2D eigenvalue weighted by Gasteiger charge is -2.21. The maximum absolute atomic E-state index is 5.98. The van der Waals surface area contributed by atoms with E-state index in [1.807, 2.05) is 12.1 Å². The largest absolute Gasteiger partial charge is 0.399 e. The molecule has 1 aliphatic heterocycles. The van der Waals surface area contributed by atoms with Crippen LogP contribution in [0.2, 0.25) is 0 Å². The fraction of sp³-hybridized carbons (Fsp3) is 0.500. The molecule has 2 rings (SSSR count). The lowest BCUT2D eigenvalue weighted by atomic mass is 9.95. The summed E-state index contributed by atoms with van der Waals surface area (Å²) < 4.78 is 1.13. The van der Waals surface area contributed by atoms with E-state index in [0.717, 1.165) is 22.5 Å². The summed E-state index contributed by atoms with van der Waals surface area (Å²) in [6.07, 6.45) is 3.86. The van der Waals surface area contributed by atoms with Gasteiger partial charge in [0.2, 0.25) is 0 Å². The summed E-state index contributed by atoms with van der Waals surface area (Å²) in [6.45, 7) is 0. The number of benzene rings is 1. The maximum atomic E-state index is 5.98. The Labute approximate surface area is 104 Å². The Bertz CT molecular complexity index is 334. The van der Waals surface area contributed by atoms with Crippen LogP contribution >= 0.6 is 27.7 Å². The Balaban J connectivity index is 2.05. The van der Waals surface area contributed by atoms with E-state index < -0.39 is 0 Å². The molecule has 15 heavy (non-hydrogen) atoms. The first kappa shape index (κ1) is 11.3. The first-order valence-electron chi connectivity index (χ1n) is 5.37. The Morgan fingerprint density at radius 2 is 2.33 bits per heavy atom. The van der Waals surface area contributed by atoms with Crippen LogP contribution in [0.4, 0.5) is 5.69 Å². The molecule has 2 N–H and O–H groups in total. The summed E-state index contributed by atoms with van der Waals surface area (Å²) in [6, 6.07) is 6.17. The Morgan fingerprint density at radius 3 is 3.07 bits per heavy atom. The molecule has 3 heteroatoms. The van der Waals surface area contributed by atoms with Crippen molar-refractivity contribution < 1.29 is 0 Å². The number of anilines is 1. The predicted molar refractivity (Wildman–Crippen MR) is 72.3 cm³/mol. The molecule has 1 fully saturated rings. The van der Waals surface area contributed by atoms with Gasteiger partial charge in [0.15, 0.2) is 0 Å². The average Bonchev–Trinajstić information content (AvgIpc) is 2.25. The number of nitrogen functional groups attached to an aromatic ring is 1. The van der Waals surface area contributed by atoms with Crippen molar-refractivity contribution in [2.75, 3.05) is 17.2 Å². The van der Waals surface area contributed by atoms with E-state index in [2.05, 4.69) is 33.8 Å². The molecule has 1 nitrogen and oxygen atoms in total. The van der Waals surface area contributed by atoms with Gasteiger partial charge in [-0.05, 0) is 60.4 Å². The second-order valence-electron chi connectivity index (χ2n) is 4.13. The van der Waals surface area contributed by atoms with Gasteiger partial charge in [0.1, 0.15) is 0 Å². The van der Waals surface area contributed by atoms with Gasteiger partial charge in [-0.2, -0.15) is 11.8 Å². The first-order valence-corrected chi connectivity index (χ1v) is 7.32. The molecule has 1 aromatic rings. The second-order valence-corrected chi connectivity index (χ2v) is 6.20. The summed E-state index contributed by atoms with van der Waals surface area (Å²) in [5.74, 6) is 3.46. The highest BCUT2D eigenvalue weighted by Crippen LogP contribution is 2.28. The SMILES string of the molecule is Nc1ccc(Br)cc1CC1CCCSC1. The Hall–Kier alpha value is -0.150. The standard InChI is InChI=1S/C12H16BrNS/c13-11-3-4-12(14)10(7-11)6-9-2-1-5-15-8-9/h3-4,7,9H,1-2,5-6,8,14H2. The first-order chi connectivity index (χ1) is 7.25. The topological polar surface area (TPSA) is 26.0 Å². The molecular weight excluding hydrogens is 270 g/mol. The Morgan fingerprint density at radius 1 is 1.47 bits per heavy atom. The van der Waals surface area contributed by atoms with Crippen LogP contribution in [0.5, 0.6) is 0 Å². The minimum atomic E-state index is 0.820. The van der Waals surface area contributed by atoms with E-state index in [1.165, 1.54) is 29.9 Å². The van der Waals surface area contributed by atoms with E-state index in [-0.39, 0.29) is 0 Å². The minimum Gasteiger partial charge on any atom is -0.399 e. The summed E-state index contributed by atoms with van der Waals surface area (Å²) in [4.78, 5) is 0. The summed E-state index contributed by atoms with van der Waals surface area (Å²) in [5, 5.41) is 0. The van der Waals surface area contributed by atoms with Crippen LogP contribution in [-0.2, 0) is 6.42 Å². The van der Waals surface area contributed by atoms with Crippen LogP contribution in [0.3, 0.4) is 0 Å². The van der Waals surface area contributed by atoms with Gasteiger partial charge in [-0.3, -0.25) is 0 Å². The van der Waals surface area contributed by atoms with E-state index in [9.17, 15) is 0 Å². The third kappa shape index (κ3) is 3.15. The smallest absolute Gasteiger partial charge is 0.0347 e. The number of hydrogen-bond donors (Lipinski definition) is 1. The van der Waals surface area contributed by atoms with E-state index in [0.29, 0.717) is 0 Å². The zero-order chi connectivity index (χ0) is 10.7. The molecule has 1 unspecified atom stereocenters. The molecule has 0 aromatic heterocycles. The highest BCUT2D eigenvalue weighted by molar-refractivity contribution is 9.10. The van der Waals surface area contributed by atoms with Crippen LogP contribution in [0.15, 0.2) is 22.7 Å². The van der Waals surface area contributed by atoms with Gasteiger partial charge in [-0.25, -0.2) is 0 Å². The van der Waals surface area contributed by atoms with E-state index in [4.69, 9.17) is 5.73 Å². The van der Waals surface area contributed by atoms with Crippen molar-refractivity contribution in [2.24, 2.45) is 5.92 Å². The van der Waals surface area contributed by atoms with Gasteiger partial charge in [0.05, 0.1) is 0 Å². The molecule has 1 saturated heterocycles. The fourth-order valence-corrected chi connectivity index (χ4v) is 3.59. The van der Waals surface area contributed by atoms with E-state index in [1.54, 1.807) is 0 Å². The van der Waals surface area contributed by atoms with Crippen molar-refractivity contribution >= 4 is 33.4 Å². The number of halogens is 1. The highest BCUT2D eigenvalue weighted by Gasteiger charge is 2.15. The minimum absolute atomic E-state index is 0.820. The number of rotatable bonds is 2. The quantitative estimate of drug-likeness (QED) is 0.839. The molecule has 0 aliphatic carbocycles. The molecule has 1 aliphatic rings. The lowest BCUT2D eigenvalue weighted by molar-refractivity contribution is 0.522. The van der Waals surface area contributed by atoms with E-state index >= 15 is 0 Å². The average molecular weight is 286 g/mol. The molecule has 0 bridgehead atoms. The zero-order valence-electron chi connectivity index (χ0n) is 8.71. The third-order valence-corrected chi connectivity index (χ3v) is 4.65. The molecule has 0 saturated carbocycles. The predicted octanol–water partition coefficient (Wildman–Crippen LogP) is 3.72. The van der Waals surface area contributed by atoms with Crippen LogP contribution in [0.25, 0.3) is 0 Å². The highest BCUT2D eigenvalue weighted by atomic mass is 79.9. The van der Waals surface area contributed by atoms with Crippen LogP contribution in [0, 0.1) is 5.92 Å². The molecule has 1 heterocycles. The van der Waals surface area contributed by atoms with Crippen molar-refractivity contribution in [1.29, 1.82) is 0 Å². The van der Waals surface area contributed by atoms with Crippen molar-refractivity contribution in [1.82, 2.24) is 0 Å². The molecule has 0 spiro atoms. The lowest BCUT2D eigenvalue weighted by Crippen LogP contribution is -2.14. The van der Waals surface area contributed by atoms with Crippen molar-refractivity contribution in [3.63, 3.8) is 0 Å². The van der Waals surface area contributed by atoms with Crippen LogP contribution in [-0.4, -0.2) is 11.5 Å². The monoisotopic (exact) mass is 285 g/mol. The van der Waals surface area contributed by atoms with Gasteiger partial charge < -0.3 is 5.73 Å². The fourth-order valence-electron chi connectivity index (χ4n) is 2.03. The molecule has 1 atom stereocenters. The molecule has 0 radical (unpaired) electrons. The summed E-state index contributed by atoms with van der Waals surface area (Å²) >= 11 is 5.58. The third-order valence-electron chi connectivity index (χ3n) is 2.87. The number of nitrogens with two attached hydrogens (primary N) is 1.